The summed E-state index contributed by atoms with van der Waals surface area (Å²) in [4.78, 5) is 3.01. The van der Waals surface area contributed by atoms with Gasteiger partial charge in [0, 0.05) is 17.9 Å². The Bertz CT molecular complexity index is 1080. The Morgan fingerprint density at radius 2 is 1.63 bits per heavy atom. The Hall–Kier alpha value is -1.13. The molecule has 216 valence electrons. The lowest BCUT2D eigenvalue weighted by atomic mass is 9.79. The topological polar surface area (TPSA) is 89.9 Å². The highest BCUT2D eigenvalue weighted by molar-refractivity contribution is 8.93. The van der Waals surface area contributed by atoms with E-state index in [2.05, 4.69) is 24.1 Å². The van der Waals surface area contributed by atoms with Crippen LogP contribution in [0.2, 0.25) is 0 Å². The van der Waals surface area contributed by atoms with Gasteiger partial charge in [-0.1, -0.05) is 44.9 Å². The zero-order chi connectivity index (χ0) is 26.1. The molecule has 2 unspecified atom stereocenters. The van der Waals surface area contributed by atoms with Crippen LogP contribution >= 0.6 is 34.0 Å². The molecule has 6 nitrogen and oxygen atoms in total. The number of hydrogen-bond donors (Lipinski definition) is 3. The predicted octanol–water partition coefficient (Wildman–Crippen LogP) is 6.18. The molecule has 3 rings (SSSR count). The fraction of sp³-hybridized carbons (Fsp3) is 0.586. The number of fused-ring (bicyclic) bond motifs is 1. The molecular formula is C29H46Br2N2O4S. The van der Waals surface area contributed by atoms with Gasteiger partial charge in [0.25, 0.3) is 0 Å². The number of hydrogen-bond acceptors (Lipinski definition) is 6. The van der Waals surface area contributed by atoms with Gasteiger partial charge >= 0.3 is 0 Å². The average Bonchev–Trinajstić information content (AvgIpc) is 2.84. The fourth-order valence-corrected chi connectivity index (χ4v) is 6.08. The van der Waals surface area contributed by atoms with Gasteiger partial charge < -0.3 is 20.4 Å². The SMILES string of the molecule is Br.Br.CCCN(CCCCCCNCCc1ccc(S(C)(=O)=O)cc1)C1Cc2ccc(O)c(O)c2C(C)C1. The molecule has 0 heterocycles. The van der Waals surface area contributed by atoms with E-state index in [-0.39, 0.29) is 51.4 Å². The predicted molar refractivity (Wildman–Crippen MR) is 167 cm³/mol. The lowest BCUT2D eigenvalue weighted by Gasteiger charge is -2.38. The quantitative estimate of drug-likeness (QED) is 0.164. The Morgan fingerprint density at radius 3 is 2.29 bits per heavy atom. The van der Waals surface area contributed by atoms with Crippen LogP contribution in [0.5, 0.6) is 11.5 Å². The largest absolute Gasteiger partial charge is 0.504 e. The lowest BCUT2D eigenvalue weighted by Crippen LogP contribution is -2.41. The van der Waals surface area contributed by atoms with Gasteiger partial charge in [-0.3, -0.25) is 0 Å². The van der Waals surface area contributed by atoms with Crippen molar-refractivity contribution >= 4 is 43.8 Å². The highest BCUT2D eigenvalue weighted by Gasteiger charge is 2.30. The van der Waals surface area contributed by atoms with Crippen molar-refractivity contribution in [3.63, 3.8) is 0 Å². The first-order valence-corrected chi connectivity index (χ1v) is 15.4. The molecule has 0 aliphatic heterocycles. The molecule has 0 radical (unpaired) electrons. The Balaban J connectivity index is 0.00000361. The summed E-state index contributed by atoms with van der Waals surface area (Å²) in [6.07, 6.45) is 10.0. The van der Waals surface area contributed by atoms with E-state index >= 15 is 0 Å². The molecule has 2 aromatic rings. The number of halogens is 2. The van der Waals surface area contributed by atoms with Gasteiger partial charge in [-0.2, -0.15) is 0 Å². The highest BCUT2D eigenvalue weighted by Crippen LogP contribution is 2.42. The Labute approximate surface area is 250 Å². The van der Waals surface area contributed by atoms with Gasteiger partial charge in [-0.05, 0) is 99.9 Å². The van der Waals surface area contributed by atoms with E-state index in [4.69, 9.17) is 0 Å². The summed E-state index contributed by atoms with van der Waals surface area (Å²) in [7, 11) is -3.13. The Morgan fingerprint density at radius 1 is 0.947 bits per heavy atom. The number of phenols is 2. The zero-order valence-corrected chi connectivity index (χ0v) is 27.2. The number of rotatable bonds is 14. The van der Waals surface area contributed by atoms with Gasteiger partial charge in [0.2, 0.25) is 0 Å². The number of aromatic hydroxyl groups is 2. The van der Waals surface area contributed by atoms with Crippen LogP contribution < -0.4 is 5.32 Å². The minimum atomic E-state index is -3.13. The van der Waals surface area contributed by atoms with E-state index in [0.29, 0.717) is 10.9 Å². The molecule has 1 aliphatic carbocycles. The first-order chi connectivity index (χ1) is 17.2. The molecule has 0 aromatic heterocycles. The van der Waals surface area contributed by atoms with Crippen LogP contribution in [0.25, 0.3) is 0 Å². The smallest absolute Gasteiger partial charge is 0.175 e. The maximum absolute atomic E-state index is 11.5. The maximum Gasteiger partial charge on any atom is 0.175 e. The van der Waals surface area contributed by atoms with E-state index in [1.165, 1.54) is 31.1 Å². The van der Waals surface area contributed by atoms with Crippen LogP contribution in [0.15, 0.2) is 41.3 Å². The molecular weight excluding hydrogens is 632 g/mol. The van der Waals surface area contributed by atoms with Crippen molar-refractivity contribution in [3.8, 4) is 11.5 Å². The zero-order valence-electron chi connectivity index (χ0n) is 23.0. The highest BCUT2D eigenvalue weighted by atomic mass is 79.9. The molecule has 0 saturated carbocycles. The van der Waals surface area contributed by atoms with E-state index in [1.807, 2.05) is 18.2 Å². The standard InChI is InChI=1S/C29H44N2O4S.2BrH/c1-4-18-31(25-20-22(2)28-24(21-25)11-14-27(32)29(28)33)19-8-6-5-7-16-30-17-15-23-9-12-26(13-10-23)36(3,34)35;;/h9-14,22,25,30,32-33H,4-8,15-21H2,1-3H3;2*1H. The summed E-state index contributed by atoms with van der Waals surface area (Å²) in [5.74, 6) is 0.301. The van der Waals surface area contributed by atoms with Crippen LogP contribution in [-0.2, 0) is 22.7 Å². The molecule has 2 aromatic carbocycles. The molecule has 38 heavy (non-hydrogen) atoms. The summed E-state index contributed by atoms with van der Waals surface area (Å²) < 4.78 is 23.1. The average molecular weight is 679 g/mol. The number of phenolic OH excluding ortho intramolecular Hbond substituents is 2. The lowest BCUT2D eigenvalue weighted by molar-refractivity contribution is 0.167. The van der Waals surface area contributed by atoms with Crippen LogP contribution in [0.1, 0.15) is 75.0 Å². The number of sulfone groups is 1. The fourth-order valence-electron chi connectivity index (χ4n) is 5.45. The summed E-state index contributed by atoms with van der Waals surface area (Å²) in [6.45, 7) is 8.52. The summed E-state index contributed by atoms with van der Waals surface area (Å²) >= 11 is 0. The number of nitrogens with zero attached hydrogens (tertiary/aromatic N) is 1. The minimum Gasteiger partial charge on any atom is -0.504 e. The van der Waals surface area contributed by atoms with Crippen molar-refractivity contribution in [1.29, 1.82) is 0 Å². The van der Waals surface area contributed by atoms with Crippen molar-refractivity contribution in [2.45, 2.75) is 82.1 Å². The van der Waals surface area contributed by atoms with Crippen LogP contribution in [-0.4, -0.2) is 62.0 Å². The van der Waals surface area contributed by atoms with E-state index in [0.717, 1.165) is 69.4 Å². The van der Waals surface area contributed by atoms with Gasteiger partial charge in [0.1, 0.15) is 0 Å². The molecule has 0 amide bonds. The second-order valence-corrected chi connectivity index (χ2v) is 12.4. The first kappa shape index (κ1) is 34.9. The molecule has 0 bridgehead atoms. The number of benzene rings is 2. The van der Waals surface area contributed by atoms with Gasteiger partial charge in [0.05, 0.1) is 4.90 Å². The molecule has 1 aliphatic rings. The Kier molecular flexibility index (Phi) is 15.5. The molecule has 0 spiro atoms. The van der Waals surface area contributed by atoms with Crippen molar-refractivity contribution in [2.75, 3.05) is 32.4 Å². The molecule has 3 N–H and O–H groups in total. The second-order valence-electron chi connectivity index (χ2n) is 10.4. The van der Waals surface area contributed by atoms with Crippen molar-refractivity contribution < 1.29 is 18.6 Å². The van der Waals surface area contributed by atoms with E-state index < -0.39 is 9.84 Å². The van der Waals surface area contributed by atoms with Crippen molar-refractivity contribution in [2.24, 2.45) is 0 Å². The third kappa shape index (κ3) is 10.1. The summed E-state index contributed by atoms with van der Waals surface area (Å²) in [5.41, 5.74) is 3.26. The summed E-state index contributed by atoms with van der Waals surface area (Å²) in [5, 5.41) is 23.7. The third-order valence-corrected chi connectivity index (χ3v) is 8.51. The van der Waals surface area contributed by atoms with Crippen LogP contribution in [0.3, 0.4) is 0 Å². The second kappa shape index (κ2) is 16.9. The van der Waals surface area contributed by atoms with Crippen LogP contribution in [0.4, 0.5) is 0 Å². The molecule has 9 heteroatoms. The molecule has 0 fully saturated rings. The summed E-state index contributed by atoms with van der Waals surface area (Å²) in [6, 6.07) is 11.3. The number of nitrogens with one attached hydrogen (secondary N) is 1. The van der Waals surface area contributed by atoms with Gasteiger partial charge in [0.15, 0.2) is 21.3 Å². The molecule has 2 atom stereocenters. The van der Waals surface area contributed by atoms with Crippen LogP contribution in [0, 0.1) is 0 Å². The number of unbranched alkanes of at least 4 members (excludes halogenated alkanes) is 3. The monoisotopic (exact) mass is 676 g/mol. The minimum absolute atomic E-state index is 0. The normalized spacial score (nSPS) is 16.9. The van der Waals surface area contributed by atoms with E-state index in [1.54, 1.807) is 18.2 Å². The van der Waals surface area contributed by atoms with E-state index in [9.17, 15) is 18.6 Å². The van der Waals surface area contributed by atoms with Gasteiger partial charge in [-0.25, -0.2) is 8.42 Å². The van der Waals surface area contributed by atoms with Crippen molar-refractivity contribution in [1.82, 2.24) is 10.2 Å². The maximum atomic E-state index is 11.5. The van der Waals surface area contributed by atoms with Gasteiger partial charge in [-0.15, -0.1) is 34.0 Å². The van der Waals surface area contributed by atoms with Crippen molar-refractivity contribution in [3.05, 3.63) is 53.1 Å². The first-order valence-electron chi connectivity index (χ1n) is 13.5. The molecule has 0 saturated heterocycles. The third-order valence-electron chi connectivity index (χ3n) is 7.38.